The lowest BCUT2D eigenvalue weighted by molar-refractivity contribution is 0.0925. The fourth-order valence-electron chi connectivity index (χ4n) is 4.11. The summed E-state index contributed by atoms with van der Waals surface area (Å²) in [7, 11) is -2.46. The standard InChI is InChI=1S/C24H20N4O5S3/c1-12-10-17(26-24(34)27-36(31,32)18-9-8-13(2)35-18)21(33-4)14(3)20(12)28-22(29)16-7-5-6-15(11-25)19(16)23(28)30/h5-10H,1-4H3,(H2,26,27,34). The minimum Gasteiger partial charge on any atom is -0.494 e. The molecule has 0 saturated carbocycles. The maximum atomic E-state index is 13.2. The van der Waals surface area contributed by atoms with Crippen LogP contribution in [0, 0.1) is 32.1 Å². The lowest BCUT2D eigenvalue weighted by Gasteiger charge is -2.23. The number of nitrogens with one attached hydrogen (secondary N) is 2. The maximum Gasteiger partial charge on any atom is 0.273 e. The summed E-state index contributed by atoms with van der Waals surface area (Å²) in [6.07, 6.45) is 0. The zero-order valence-electron chi connectivity index (χ0n) is 19.6. The van der Waals surface area contributed by atoms with Crippen LogP contribution in [-0.2, 0) is 10.0 Å². The van der Waals surface area contributed by atoms with E-state index in [-0.39, 0.29) is 31.8 Å². The zero-order valence-corrected chi connectivity index (χ0v) is 22.1. The highest BCUT2D eigenvalue weighted by atomic mass is 32.2. The third-order valence-corrected chi connectivity index (χ3v) is 8.77. The number of sulfonamides is 1. The summed E-state index contributed by atoms with van der Waals surface area (Å²) in [4.78, 5) is 28.3. The van der Waals surface area contributed by atoms with Crippen molar-refractivity contribution in [2.24, 2.45) is 0 Å². The van der Waals surface area contributed by atoms with Crippen LogP contribution < -0.4 is 19.7 Å². The van der Waals surface area contributed by atoms with Gasteiger partial charge in [-0.1, -0.05) is 6.07 Å². The summed E-state index contributed by atoms with van der Waals surface area (Å²) < 4.78 is 33.3. The number of nitrogens with zero attached hydrogens (tertiary/aromatic N) is 2. The molecule has 4 rings (SSSR count). The molecule has 1 aliphatic heterocycles. The first-order valence-electron chi connectivity index (χ1n) is 10.5. The molecule has 0 saturated heterocycles. The van der Waals surface area contributed by atoms with Crippen molar-refractivity contribution in [1.82, 2.24) is 4.72 Å². The number of hydrogen-bond donors (Lipinski definition) is 2. The molecule has 0 aliphatic carbocycles. The van der Waals surface area contributed by atoms with Crippen LogP contribution in [0.3, 0.4) is 0 Å². The van der Waals surface area contributed by atoms with Gasteiger partial charge in [-0.2, -0.15) is 5.26 Å². The van der Waals surface area contributed by atoms with Crippen molar-refractivity contribution in [3.8, 4) is 11.8 Å². The number of benzene rings is 2. The molecule has 0 bridgehead atoms. The first kappa shape index (κ1) is 25.3. The van der Waals surface area contributed by atoms with Gasteiger partial charge in [-0.05, 0) is 68.9 Å². The summed E-state index contributed by atoms with van der Waals surface area (Å²) in [5.41, 5.74) is 1.97. The van der Waals surface area contributed by atoms with Crippen molar-refractivity contribution in [2.75, 3.05) is 17.3 Å². The molecule has 9 nitrogen and oxygen atoms in total. The third kappa shape index (κ3) is 4.21. The molecule has 3 aromatic rings. The molecule has 1 aromatic heterocycles. The van der Waals surface area contributed by atoms with E-state index in [0.29, 0.717) is 22.5 Å². The Bertz CT molecular complexity index is 1600. The number of fused-ring (bicyclic) bond motifs is 1. The highest BCUT2D eigenvalue weighted by Gasteiger charge is 2.40. The Morgan fingerprint density at radius 1 is 1.14 bits per heavy atom. The topological polar surface area (TPSA) is 129 Å². The first-order chi connectivity index (χ1) is 17.0. The Balaban J connectivity index is 1.69. The van der Waals surface area contributed by atoms with E-state index in [1.165, 1.54) is 25.3 Å². The Morgan fingerprint density at radius 3 is 2.47 bits per heavy atom. The SMILES string of the molecule is COc1c(NC(=S)NS(=O)(=O)c2ccc(C)s2)cc(C)c(N2C(=O)c3cccc(C#N)c3C2=O)c1C. The average Bonchev–Trinajstić information content (AvgIpc) is 3.36. The highest BCUT2D eigenvalue weighted by Crippen LogP contribution is 2.41. The monoisotopic (exact) mass is 540 g/mol. The molecule has 36 heavy (non-hydrogen) atoms. The van der Waals surface area contributed by atoms with E-state index in [1.807, 2.05) is 6.07 Å². The molecule has 2 N–H and O–H groups in total. The second-order valence-corrected chi connectivity index (χ2v) is 11.6. The number of anilines is 2. The first-order valence-corrected chi connectivity index (χ1v) is 13.2. The summed E-state index contributed by atoms with van der Waals surface area (Å²) in [5, 5.41) is 12.1. The second kappa shape index (κ2) is 9.34. The number of carbonyl (C=O) groups is 2. The number of rotatable bonds is 5. The van der Waals surface area contributed by atoms with Crippen LogP contribution in [0.15, 0.2) is 40.6 Å². The van der Waals surface area contributed by atoms with Crippen molar-refractivity contribution in [3.63, 3.8) is 0 Å². The number of imide groups is 1. The number of aryl methyl sites for hydroxylation is 2. The van der Waals surface area contributed by atoms with Gasteiger partial charge in [0, 0.05) is 10.4 Å². The van der Waals surface area contributed by atoms with Crippen LogP contribution in [-0.4, -0.2) is 32.5 Å². The molecular formula is C24H20N4O5S3. The predicted molar refractivity (Wildman–Crippen MR) is 140 cm³/mol. The lowest BCUT2D eigenvalue weighted by atomic mass is 10.0. The highest BCUT2D eigenvalue weighted by molar-refractivity contribution is 7.93. The van der Waals surface area contributed by atoms with Gasteiger partial charge in [0.2, 0.25) is 0 Å². The minimum absolute atomic E-state index is 0.0596. The smallest absolute Gasteiger partial charge is 0.273 e. The van der Waals surface area contributed by atoms with E-state index in [4.69, 9.17) is 17.0 Å². The molecule has 0 spiro atoms. The van der Waals surface area contributed by atoms with Gasteiger partial charge in [0.15, 0.2) is 5.11 Å². The van der Waals surface area contributed by atoms with Gasteiger partial charge in [0.1, 0.15) is 9.96 Å². The van der Waals surface area contributed by atoms with Gasteiger partial charge in [-0.15, -0.1) is 11.3 Å². The fraction of sp³-hybridized carbons (Fsp3) is 0.167. The van der Waals surface area contributed by atoms with Crippen molar-refractivity contribution in [2.45, 2.75) is 25.0 Å². The van der Waals surface area contributed by atoms with E-state index in [2.05, 4.69) is 10.0 Å². The molecule has 2 aromatic carbocycles. The lowest BCUT2D eigenvalue weighted by Crippen LogP contribution is -2.34. The maximum absolute atomic E-state index is 13.2. The minimum atomic E-state index is -3.87. The number of ether oxygens (including phenoxy) is 1. The van der Waals surface area contributed by atoms with Gasteiger partial charge in [-0.25, -0.2) is 13.3 Å². The van der Waals surface area contributed by atoms with Gasteiger partial charge in [-0.3, -0.25) is 14.3 Å². The Morgan fingerprint density at radius 2 is 1.86 bits per heavy atom. The van der Waals surface area contributed by atoms with Crippen LogP contribution in [0.5, 0.6) is 5.75 Å². The Hall–Kier alpha value is -3.79. The number of carbonyl (C=O) groups excluding carboxylic acids is 2. The van der Waals surface area contributed by atoms with E-state index >= 15 is 0 Å². The summed E-state index contributed by atoms with van der Waals surface area (Å²) in [6.45, 7) is 5.17. The molecule has 0 atom stereocenters. The zero-order chi connectivity index (χ0) is 26.4. The van der Waals surface area contributed by atoms with Crippen LogP contribution in [0.25, 0.3) is 0 Å². The number of methoxy groups -OCH3 is 1. The van der Waals surface area contributed by atoms with E-state index in [9.17, 15) is 23.3 Å². The Kier molecular flexibility index (Phi) is 6.57. The quantitative estimate of drug-likeness (QED) is 0.367. The number of amides is 2. The van der Waals surface area contributed by atoms with Crippen molar-refractivity contribution < 1.29 is 22.7 Å². The number of nitriles is 1. The molecule has 0 unspecified atom stereocenters. The van der Waals surface area contributed by atoms with Crippen LogP contribution in [0.2, 0.25) is 0 Å². The predicted octanol–water partition coefficient (Wildman–Crippen LogP) is 4.03. The molecule has 184 valence electrons. The van der Waals surface area contributed by atoms with Gasteiger partial charge >= 0.3 is 0 Å². The molecule has 2 heterocycles. The average molecular weight is 541 g/mol. The summed E-state index contributed by atoms with van der Waals surface area (Å²) in [6, 6.07) is 11.3. The third-order valence-electron chi connectivity index (χ3n) is 5.59. The normalized spacial score (nSPS) is 12.8. The molecule has 1 aliphatic rings. The van der Waals surface area contributed by atoms with Crippen LogP contribution >= 0.6 is 23.6 Å². The van der Waals surface area contributed by atoms with Crippen LogP contribution in [0.1, 0.15) is 42.3 Å². The number of hydrogen-bond acceptors (Lipinski definition) is 8. The van der Waals surface area contributed by atoms with Crippen molar-refractivity contribution in [1.29, 1.82) is 5.26 Å². The molecular weight excluding hydrogens is 520 g/mol. The molecule has 0 radical (unpaired) electrons. The van der Waals surface area contributed by atoms with E-state index in [0.717, 1.165) is 21.1 Å². The van der Waals surface area contributed by atoms with Crippen molar-refractivity contribution >= 4 is 61.9 Å². The number of thiocarbonyl (C=S) groups is 1. The summed E-state index contributed by atoms with van der Waals surface area (Å²) >= 11 is 6.35. The fourth-order valence-corrected chi connectivity index (χ4v) is 6.74. The molecule has 0 fully saturated rings. The Labute approximate surface area is 217 Å². The van der Waals surface area contributed by atoms with Crippen molar-refractivity contribution in [3.05, 3.63) is 69.1 Å². The van der Waals surface area contributed by atoms with Gasteiger partial charge in [0.25, 0.3) is 21.8 Å². The largest absolute Gasteiger partial charge is 0.494 e. The number of thiophene rings is 1. The molecule has 12 heteroatoms. The van der Waals surface area contributed by atoms with E-state index < -0.39 is 21.8 Å². The summed E-state index contributed by atoms with van der Waals surface area (Å²) in [5.74, 6) is -0.882. The van der Waals surface area contributed by atoms with Crippen LogP contribution in [0.4, 0.5) is 11.4 Å². The van der Waals surface area contributed by atoms with Gasteiger partial charge in [0.05, 0.1) is 41.2 Å². The van der Waals surface area contributed by atoms with E-state index in [1.54, 1.807) is 39.0 Å². The van der Waals surface area contributed by atoms with Gasteiger partial charge < -0.3 is 10.1 Å². The molecule has 2 amide bonds. The second-order valence-electron chi connectivity index (χ2n) is 7.96.